The van der Waals surface area contributed by atoms with Crippen molar-refractivity contribution in [1.29, 1.82) is 0 Å². The van der Waals surface area contributed by atoms with E-state index in [-0.39, 0.29) is 0 Å². The summed E-state index contributed by atoms with van der Waals surface area (Å²) < 4.78 is 5.79. The summed E-state index contributed by atoms with van der Waals surface area (Å²) in [5, 5.41) is 0. The maximum Gasteiger partial charge on any atom is 0.0678 e. The van der Waals surface area contributed by atoms with E-state index in [1.165, 1.54) is 83.6 Å². The third kappa shape index (κ3) is 10.6. The minimum Gasteiger partial charge on any atom is -0.373 e. The maximum atomic E-state index is 5.79. The average Bonchev–Trinajstić information content (AvgIpc) is 2.47. The monoisotopic (exact) mass is 311 g/mol. The molecule has 1 rings (SSSR count). The van der Waals surface area contributed by atoms with Gasteiger partial charge in [-0.15, -0.1) is 0 Å². The lowest BCUT2D eigenvalue weighted by molar-refractivity contribution is -0.0681. The molecule has 0 aromatic rings. The molecule has 2 heteroatoms. The van der Waals surface area contributed by atoms with E-state index >= 15 is 0 Å². The van der Waals surface area contributed by atoms with Gasteiger partial charge in [-0.1, -0.05) is 77.6 Å². The summed E-state index contributed by atoms with van der Waals surface area (Å²) in [6, 6.07) is 0. The first-order valence-corrected chi connectivity index (χ1v) is 10.1. The van der Waals surface area contributed by atoms with Gasteiger partial charge in [0.05, 0.1) is 12.2 Å². The number of ether oxygens (including phenoxy) is 1. The van der Waals surface area contributed by atoms with Crippen LogP contribution in [-0.2, 0) is 4.74 Å². The molecule has 1 aliphatic rings. The second-order valence-corrected chi connectivity index (χ2v) is 7.41. The predicted octanol–water partition coefficient (Wildman–Crippen LogP) is 5.80. The van der Waals surface area contributed by atoms with Crippen LogP contribution in [0.4, 0.5) is 0 Å². The maximum absolute atomic E-state index is 5.79. The van der Waals surface area contributed by atoms with Gasteiger partial charge in [0.1, 0.15) is 0 Å². The van der Waals surface area contributed by atoms with Gasteiger partial charge in [0.25, 0.3) is 0 Å². The lowest BCUT2D eigenvalue weighted by atomic mass is 10.1. The Labute approximate surface area is 140 Å². The summed E-state index contributed by atoms with van der Waals surface area (Å²) in [6.07, 6.45) is 18.1. The van der Waals surface area contributed by atoms with Gasteiger partial charge in [-0.3, -0.25) is 4.90 Å². The Morgan fingerprint density at radius 1 is 0.682 bits per heavy atom. The number of unbranched alkanes of at least 4 members (excludes halogenated alkanes) is 11. The number of rotatable bonds is 13. The Morgan fingerprint density at radius 3 is 1.55 bits per heavy atom. The highest BCUT2D eigenvalue weighted by Gasteiger charge is 2.21. The highest BCUT2D eigenvalue weighted by atomic mass is 16.5. The van der Waals surface area contributed by atoms with Gasteiger partial charge in [-0.05, 0) is 26.8 Å². The topological polar surface area (TPSA) is 12.5 Å². The molecule has 0 amide bonds. The average molecular weight is 312 g/mol. The van der Waals surface area contributed by atoms with Crippen LogP contribution < -0.4 is 0 Å². The van der Waals surface area contributed by atoms with Gasteiger partial charge in [0, 0.05) is 13.1 Å². The third-order valence-electron chi connectivity index (χ3n) is 4.82. The zero-order chi connectivity index (χ0) is 16.0. The molecule has 0 radical (unpaired) electrons. The molecule has 2 atom stereocenters. The minimum atomic E-state index is 0.418. The van der Waals surface area contributed by atoms with Crippen molar-refractivity contribution in [2.75, 3.05) is 19.6 Å². The number of nitrogens with zero attached hydrogens (tertiary/aromatic N) is 1. The SMILES string of the molecule is CCCCCCCCCCCCCCN1C[C@@H](C)O[C@@H](C)C1. The van der Waals surface area contributed by atoms with Crippen molar-refractivity contribution >= 4 is 0 Å². The summed E-state index contributed by atoms with van der Waals surface area (Å²) in [4.78, 5) is 2.59. The fraction of sp³-hybridized carbons (Fsp3) is 1.00. The van der Waals surface area contributed by atoms with Crippen LogP contribution in [0.15, 0.2) is 0 Å². The van der Waals surface area contributed by atoms with E-state index in [1.54, 1.807) is 0 Å². The Bertz CT molecular complexity index is 234. The van der Waals surface area contributed by atoms with Crippen molar-refractivity contribution in [1.82, 2.24) is 4.90 Å². The van der Waals surface area contributed by atoms with Crippen LogP contribution >= 0.6 is 0 Å². The molecule has 0 bridgehead atoms. The molecular formula is C20H41NO. The van der Waals surface area contributed by atoms with Crippen LogP contribution in [0.3, 0.4) is 0 Å². The van der Waals surface area contributed by atoms with E-state index in [4.69, 9.17) is 4.74 Å². The highest BCUT2D eigenvalue weighted by Crippen LogP contribution is 2.14. The summed E-state index contributed by atoms with van der Waals surface area (Å²) in [5.74, 6) is 0. The van der Waals surface area contributed by atoms with Crippen molar-refractivity contribution in [2.24, 2.45) is 0 Å². The van der Waals surface area contributed by atoms with E-state index in [0.29, 0.717) is 12.2 Å². The summed E-state index contributed by atoms with van der Waals surface area (Å²) in [5.41, 5.74) is 0. The predicted molar refractivity (Wildman–Crippen MR) is 97.5 cm³/mol. The van der Waals surface area contributed by atoms with E-state index in [9.17, 15) is 0 Å². The number of hydrogen-bond acceptors (Lipinski definition) is 2. The zero-order valence-corrected chi connectivity index (χ0v) is 15.6. The van der Waals surface area contributed by atoms with Gasteiger partial charge in [-0.2, -0.15) is 0 Å². The molecular weight excluding hydrogens is 270 g/mol. The van der Waals surface area contributed by atoms with Crippen LogP contribution in [0.5, 0.6) is 0 Å². The van der Waals surface area contributed by atoms with E-state index < -0.39 is 0 Å². The molecule has 1 saturated heterocycles. The lowest BCUT2D eigenvalue weighted by Crippen LogP contribution is -2.45. The Balaban J connectivity index is 1.80. The second kappa shape index (κ2) is 13.4. The van der Waals surface area contributed by atoms with Gasteiger partial charge in [0.15, 0.2) is 0 Å². The zero-order valence-electron chi connectivity index (χ0n) is 15.6. The van der Waals surface area contributed by atoms with Crippen LogP contribution in [0.2, 0.25) is 0 Å². The van der Waals surface area contributed by atoms with E-state index in [1.807, 2.05) is 0 Å². The van der Waals surface area contributed by atoms with E-state index in [2.05, 4.69) is 25.7 Å². The summed E-state index contributed by atoms with van der Waals surface area (Å²) in [7, 11) is 0. The molecule has 132 valence electrons. The van der Waals surface area contributed by atoms with Gasteiger partial charge in [0.2, 0.25) is 0 Å². The molecule has 22 heavy (non-hydrogen) atoms. The normalized spacial score (nSPS) is 23.0. The van der Waals surface area contributed by atoms with Crippen molar-refractivity contribution in [3.63, 3.8) is 0 Å². The molecule has 0 unspecified atom stereocenters. The van der Waals surface area contributed by atoms with Crippen LogP contribution in [0.25, 0.3) is 0 Å². The van der Waals surface area contributed by atoms with Crippen molar-refractivity contribution in [3.8, 4) is 0 Å². The molecule has 2 nitrogen and oxygen atoms in total. The summed E-state index contributed by atoms with van der Waals surface area (Å²) >= 11 is 0. The highest BCUT2D eigenvalue weighted by molar-refractivity contribution is 4.72. The van der Waals surface area contributed by atoms with Crippen LogP contribution in [0, 0.1) is 0 Å². The van der Waals surface area contributed by atoms with Crippen LogP contribution in [-0.4, -0.2) is 36.7 Å². The molecule has 0 aromatic heterocycles. The Hall–Kier alpha value is -0.0800. The number of hydrogen-bond donors (Lipinski definition) is 0. The minimum absolute atomic E-state index is 0.418. The van der Waals surface area contributed by atoms with E-state index in [0.717, 1.165) is 13.1 Å². The molecule has 1 fully saturated rings. The third-order valence-corrected chi connectivity index (χ3v) is 4.82. The smallest absolute Gasteiger partial charge is 0.0678 e. The van der Waals surface area contributed by atoms with Gasteiger partial charge in [-0.25, -0.2) is 0 Å². The molecule has 1 heterocycles. The quantitative estimate of drug-likeness (QED) is 0.399. The van der Waals surface area contributed by atoms with Crippen molar-refractivity contribution in [3.05, 3.63) is 0 Å². The first-order valence-electron chi connectivity index (χ1n) is 10.1. The van der Waals surface area contributed by atoms with Gasteiger partial charge >= 0.3 is 0 Å². The first-order chi connectivity index (χ1) is 10.7. The summed E-state index contributed by atoms with van der Waals surface area (Å²) in [6.45, 7) is 10.2. The van der Waals surface area contributed by atoms with Crippen molar-refractivity contribution < 1.29 is 4.74 Å². The molecule has 0 saturated carbocycles. The fourth-order valence-corrected chi connectivity index (χ4v) is 3.64. The standard InChI is InChI=1S/C20H41NO/c1-4-5-6-7-8-9-10-11-12-13-14-15-16-21-17-19(2)22-20(3)18-21/h19-20H,4-18H2,1-3H3/t19-,20+. The molecule has 0 N–H and O–H groups in total. The molecule has 0 spiro atoms. The fourth-order valence-electron chi connectivity index (χ4n) is 3.64. The molecule has 1 aliphatic heterocycles. The Kier molecular flexibility index (Phi) is 12.1. The second-order valence-electron chi connectivity index (χ2n) is 7.41. The molecule has 0 aromatic carbocycles. The molecule has 0 aliphatic carbocycles. The lowest BCUT2D eigenvalue weighted by Gasteiger charge is -2.35. The largest absolute Gasteiger partial charge is 0.373 e. The van der Waals surface area contributed by atoms with Crippen molar-refractivity contribution in [2.45, 2.75) is 110 Å². The van der Waals surface area contributed by atoms with Crippen LogP contribution in [0.1, 0.15) is 97.8 Å². The number of morpholine rings is 1. The van der Waals surface area contributed by atoms with Gasteiger partial charge < -0.3 is 4.74 Å². The first kappa shape index (κ1) is 20.0. The Morgan fingerprint density at radius 2 is 1.09 bits per heavy atom.